The van der Waals surface area contributed by atoms with Gasteiger partial charge < -0.3 is 14.2 Å². The summed E-state index contributed by atoms with van der Waals surface area (Å²) in [6.45, 7) is 2.33. The van der Waals surface area contributed by atoms with Gasteiger partial charge in [0.1, 0.15) is 11.6 Å². The molecule has 0 aliphatic rings. The van der Waals surface area contributed by atoms with Crippen molar-refractivity contribution < 1.29 is 14.2 Å². The Morgan fingerprint density at radius 2 is 1.87 bits per heavy atom. The lowest BCUT2D eigenvalue weighted by Gasteiger charge is -2.14. The number of H-pyrrole nitrogens is 1. The van der Waals surface area contributed by atoms with Gasteiger partial charge in [-0.05, 0) is 19.1 Å². The number of rotatable bonds is 8. The van der Waals surface area contributed by atoms with Crippen LogP contribution in [0.4, 0.5) is 5.95 Å². The van der Waals surface area contributed by atoms with Gasteiger partial charge in [-0.25, -0.2) is 10.4 Å². The highest BCUT2D eigenvalue weighted by molar-refractivity contribution is 5.83. The van der Waals surface area contributed by atoms with E-state index < -0.39 is 5.56 Å². The van der Waals surface area contributed by atoms with Crippen LogP contribution in [0, 0.1) is 11.3 Å². The fraction of sp³-hybridized carbons (Fsp3) is 0.182. The van der Waals surface area contributed by atoms with E-state index in [2.05, 4.69) is 20.5 Å². The molecule has 2 N–H and O–H groups in total. The molecule has 0 saturated carbocycles. The first kappa shape index (κ1) is 21.4. The highest BCUT2D eigenvalue weighted by Crippen LogP contribution is 2.38. The predicted molar refractivity (Wildman–Crippen MR) is 117 cm³/mol. The Labute approximate surface area is 178 Å². The zero-order valence-corrected chi connectivity index (χ0v) is 17.3. The van der Waals surface area contributed by atoms with Crippen molar-refractivity contribution in [2.24, 2.45) is 5.10 Å². The van der Waals surface area contributed by atoms with E-state index >= 15 is 0 Å². The van der Waals surface area contributed by atoms with E-state index in [1.54, 1.807) is 36.4 Å². The molecule has 9 nitrogen and oxygen atoms in total. The molecular formula is C22H21N5O4. The van der Waals surface area contributed by atoms with E-state index in [1.165, 1.54) is 20.4 Å². The lowest BCUT2D eigenvalue weighted by atomic mass is 10.1. The first-order valence-corrected chi connectivity index (χ1v) is 9.39. The topological polar surface area (TPSA) is 122 Å². The minimum Gasteiger partial charge on any atom is -0.493 e. The highest BCUT2D eigenvalue weighted by Gasteiger charge is 2.14. The lowest BCUT2D eigenvalue weighted by molar-refractivity contribution is 0.288. The number of nitrogens with zero attached hydrogens (tertiary/aromatic N) is 3. The van der Waals surface area contributed by atoms with Crippen LogP contribution in [0.2, 0.25) is 0 Å². The van der Waals surface area contributed by atoms with Crippen LogP contribution in [0.1, 0.15) is 18.1 Å². The second kappa shape index (κ2) is 9.93. The average Bonchev–Trinajstić information content (AvgIpc) is 2.80. The van der Waals surface area contributed by atoms with Gasteiger partial charge in [0.2, 0.25) is 11.7 Å². The number of methoxy groups -OCH3 is 2. The maximum atomic E-state index is 12.3. The molecule has 0 amide bonds. The fourth-order valence-corrected chi connectivity index (χ4v) is 2.86. The number of hydrogen-bond acceptors (Lipinski definition) is 8. The Bertz CT molecular complexity index is 1160. The van der Waals surface area contributed by atoms with Crippen LogP contribution in [0.5, 0.6) is 17.2 Å². The maximum Gasteiger partial charge on any atom is 0.270 e. The van der Waals surface area contributed by atoms with Crippen LogP contribution < -0.4 is 25.2 Å². The van der Waals surface area contributed by atoms with E-state index in [0.29, 0.717) is 35.0 Å². The second-order valence-corrected chi connectivity index (χ2v) is 6.17. The van der Waals surface area contributed by atoms with E-state index in [0.717, 1.165) is 0 Å². The molecule has 2 aromatic carbocycles. The van der Waals surface area contributed by atoms with Crippen LogP contribution in [0.3, 0.4) is 0 Å². The molecule has 1 heterocycles. The number of aromatic nitrogens is 2. The van der Waals surface area contributed by atoms with Crippen LogP contribution in [0.25, 0.3) is 11.3 Å². The van der Waals surface area contributed by atoms with Crippen LogP contribution in [-0.2, 0) is 0 Å². The summed E-state index contributed by atoms with van der Waals surface area (Å²) in [5, 5.41) is 13.5. The number of hydrogen-bond donors (Lipinski definition) is 2. The summed E-state index contributed by atoms with van der Waals surface area (Å²) < 4.78 is 16.3. The summed E-state index contributed by atoms with van der Waals surface area (Å²) in [5.74, 6) is 1.60. The second-order valence-electron chi connectivity index (χ2n) is 6.17. The van der Waals surface area contributed by atoms with E-state index in [1.807, 2.05) is 19.1 Å². The zero-order valence-electron chi connectivity index (χ0n) is 17.3. The summed E-state index contributed by atoms with van der Waals surface area (Å²) in [7, 11) is 3.07. The summed E-state index contributed by atoms with van der Waals surface area (Å²) in [6, 6.07) is 14.4. The van der Waals surface area contributed by atoms with Crippen molar-refractivity contribution in [1.29, 1.82) is 5.26 Å². The molecule has 31 heavy (non-hydrogen) atoms. The normalized spacial score (nSPS) is 10.5. The van der Waals surface area contributed by atoms with E-state index in [4.69, 9.17) is 14.2 Å². The Kier molecular flexibility index (Phi) is 6.85. The van der Waals surface area contributed by atoms with Crippen LogP contribution in [0.15, 0.2) is 52.4 Å². The molecule has 158 valence electrons. The minimum atomic E-state index is -0.557. The van der Waals surface area contributed by atoms with Crippen molar-refractivity contribution in [2.45, 2.75) is 6.92 Å². The smallest absolute Gasteiger partial charge is 0.270 e. The molecule has 0 fully saturated rings. The standard InChI is InChI=1S/C22H21N5O4/c1-4-31-20-17(29-2)10-14(11-18(20)30-3)13-24-27-22-25-19(15-8-6-5-7-9-15)16(12-23)21(28)26-22/h5-11,13H,4H2,1-3H3,(H2,25,26,27,28). The molecule has 1 aromatic heterocycles. The van der Waals surface area contributed by atoms with Crippen LogP contribution in [-0.4, -0.2) is 37.0 Å². The van der Waals surface area contributed by atoms with Gasteiger partial charge in [0.25, 0.3) is 5.56 Å². The summed E-state index contributed by atoms with van der Waals surface area (Å²) in [6.07, 6.45) is 1.52. The van der Waals surface area contributed by atoms with Crippen LogP contribution >= 0.6 is 0 Å². The van der Waals surface area contributed by atoms with Crippen molar-refractivity contribution in [3.63, 3.8) is 0 Å². The molecule has 9 heteroatoms. The number of ether oxygens (including phenoxy) is 3. The van der Waals surface area contributed by atoms with Crippen molar-refractivity contribution in [1.82, 2.24) is 9.97 Å². The first-order chi connectivity index (χ1) is 15.1. The van der Waals surface area contributed by atoms with Crippen molar-refractivity contribution in [3.05, 3.63) is 63.9 Å². The molecule has 0 unspecified atom stereocenters. The van der Waals surface area contributed by atoms with Gasteiger partial charge in [-0.1, -0.05) is 30.3 Å². The number of aromatic amines is 1. The summed E-state index contributed by atoms with van der Waals surface area (Å²) >= 11 is 0. The molecule has 0 spiro atoms. The summed E-state index contributed by atoms with van der Waals surface area (Å²) in [5.41, 5.74) is 3.66. The third-order valence-electron chi connectivity index (χ3n) is 4.23. The van der Waals surface area contributed by atoms with Gasteiger partial charge in [-0.15, -0.1) is 0 Å². The average molecular weight is 419 g/mol. The third kappa shape index (κ3) is 4.82. The Hall–Kier alpha value is -4.32. The van der Waals surface area contributed by atoms with Gasteiger partial charge in [-0.2, -0.15) is 10.4 Å². The van der Waals surface area contributed by atoms with Gasteiger partial charge in [0.15, 0.2) is 11.5 Å². The first-order valence-electron chi connectivity index (χ1n) is 9.39. The molecule has 0 atom stereocenters. The minimum absolute atomic E-state index is 0.0679. The number of anilines is 1. The largest absolute Gasteiger partial charge is 0.493 e. The van der Waals surface area contributed by atoms with Gasteiger partial charge >= 0.3 is 0 Å². The number of hydrazone groups is 1. The van der Waals surface area contributed by atoms with E-state index in [-0.39, 0.29) is 17.2 Å². The molecule has 0 aliphatic heterocycles. The Morgan fingerprint density at radius 1 is 1.19 bits per heavy atom. The predicted octanol–water partition coefficient (Wildman–Crippen LogP) is 3.17. The quantitative estimate of drug-likeness (QED) is 0.425. The Balaban J connectivity index is 1.90. The zero-order chi connectivity index (χ0) is 22.2. The van der Waals surface area contributed by atoms with Crippen molar-refractivity contribution >= 4 is 12.2 Å². The van der Waals surface area contributed by atoms with Gasteiger partial charge in [0.05, 0.1) is 32.7 Å². The molecule has 3 aromatic rings. The monoisotopic (exact) mass is 419 g/mol. The Morgan fingerprint density at radius 3 is 2.45 bits per heavy atom. The molecule has 0 bridgehead atoms. The highest BCUT2D eigenvalue weighted by atomic mass is 16.5. The molecule has 0 aliphatic carbocycles. The lowest BCUT2D eigenvalue weighted by Crippen LogP contribution is -2.16. The van der Waals surface area contributed by atoms with Crippen molar-refractivity contribution in [3.8, 4) is 34.6 Å². The summed E-state index contributed by atoms with van der Waals surface area (Å²) in [4.78, 5) is 19.2. The fourth-order valence-electron chi connectivity index (χ4n) is 2.86. The third-order valence-corrected chi connectivity index (χ3v) is 4.23. The molecular weight excluding hydrogens is 398 g/mol. The SMILES string of the molecule is CCOc1c(OC)cc(C=NNc2nc(-c3ccccc3)c(C#N)c(=O)[nH]2)cc1OC. The van der Waals surface area contributed by atoms with E-state index in [9.17, 15) is 10.1 Å². The number of benzene rings is 2. The molecule has 3 rings (SSSR count). The molecule has 0 saturated heterocycles. The van der Waals surface area contributed by atoms with Crippen molar-refractivity contribution in [2.75, 3.05) is 26.3 Å². The maximum absolute atomic E-state index is 12.3. The molecule has 0 radical (unpaired) electrons. The van der Waals surface area contributed by atoms with Gasteiger partial charge in [0, 0.05) is 11.1 Å². The number of nitriles is 1. The number of nitrogens with one attached hydrogen (secondary N) is 2. The van der Waals surface area contributed by atoms with Gasteiger partial charge in [-0.3, -0.25) is 9.78 Å².